The number of carbonyl (C=O) groups excluding carboxylic acids is 2. The van der Waals surface area contributed by atoms with E-state index in [1.165, 1.54) is 23.1 Å². The van der Waals surface area contributed by atoms with E-state index in [4.69, 9.17) is 0 Å². The van der Waals surface area contributed by atoms with E-state index in [2.05, 4.69) is 21.2 Å². The highest BCUT2D eigenvalue weighted by molar-refractivity contribution is 9.10. The number of benzene rings is 2. The summed E-state index contributed by atoms with van der Waals surface area (Å²) in [6.45, 7) is 4.77. The van der Waals surface area contributed by atoms with Gasteiger partial charge in [0, 0.05) is 29.2 Å². The molecule has 0 saturated carbocycles. The molecule has 0 heterocycles. The number of sulfonamides is 1. The topological polar surface area (TPSA) is 130 Å². The second-order valence-corrected chi connectivity index (χ2v) is 11.0. The molecule has 0 saturated heterocycles. The number of nitro benzene ring substituents is 1. The maximum absolute atomic E-state index is 13.5. The zero-order valence-electron chi connectivity index (χ0n) is 20.0. The van der Waals surface area contributed by atoms with Crippen molar-refractivity contribution in [1.29, 1.82) is 0 Å². The van der Waals surface area contributed by atoms with Crippen molar-refractivity contribution in [2.45, 2.75) is 45.8 Å². The third-order valence-electron chi connectivity index (χ3n) is 5.42. The van der Waals surface area contributed by atoms with Crippen LogP contribution >= 0.6 is 15.9 Å². The van der Waals surface area contributed by atoms with Crippen molar-refractivity contribution in [3.8, 4) is 0 Å². The first-order chi connectivity index (χ1) is 16.3. The molecule has 0 radical (unpaired) electrons. The molecule has 0 spiro atoms. The van der Waals surface area contributed by atoms with Crippen molar-refractivity contribution in [3.05, 3.63) is 68.7 Å². The molecular weight excluding hydrogens is 540 g/mol. The van der Waals surface area contributed by atoms with Gasteiger partial charge in [-0.05, 0) is 44.0 Å². The Kier molecular flexibility index (Phi) is 9.78. The van der Waals surface area contributed by atoms with Gasteiger partial charge in [0.2, 0.25) is 21.8 Å². The number of halogens is 1. The number of nitrogens with one attached hydrogen (secondary N) is 1. The highest BCUT2D eigenvalue weighted by atomic mass is 79.9. The van der Waals surface area contributed by atoms with Crippen LogP contribution in [-0.4, -0.2) is 54.9 Å². The monoisotopic (exact) mass is 568 g/mol. The lowest BCUT2D eigenvalue weighted by atomic mass is 10.1. The van der Waals surface area contributed by atoms with E-state index in [0.29, 0.717) is 6.42 Å². The molecule has 0 aliphatic heterocycles. The first-order valence-corrected chi connectivity index (χ1v) is 13.5. The standard InChI is InChI=1S/C23H29BrN4O6S/c1-5-16(2)25-23(30)17(3)26(14-18-8-6-9-19(24)12-18)22(29)15-27(35(4,33)34)20-10-7-11-21(13-20)28(31)32/h6-13,16-17H,5,14-15H2,1-4H3,(H,25,30)/t16-,17-/m0/s1. The van der Waals surface area contributed by atoms with E-state index in [9.17, 15) is 28.1 Å². The summed E-state index contributed by atoms with van der Waals surface area (Å²) in [6, 6.07) is 11.2. The van der Waals surface area contributed by atoms with Gasteiger partial charge in [-0.25, -0.2) is 8.42 Å². The van der Waals surface area contributed by atoms with Gasteiger partial charge in [0.25, 0.3) is 5.69 Å². The molecule has 12 heteroatoms. The Morgan fingerprint density at radius 3 is 2.37 bits per heavy atom. The van der Waals surface area contributed by atoms with Gasteiger partial charge in [0.1, 0.15) is 12.6 Å². The molecule has 0 aromatic heterocycles. The van der Waals surface area contributed by atoms with Gasteiger partial charge in [-0.1, -0.05) is 41.1 Å². The minimum Gasteiger partial charge on any atom is -0.352 e. The van der Waals surface area contributed by atoms with E-state index >= 15 is 0 Å². The number of carbonyl (C=O) groups is 2. The lowest BCUT2D eigenvalue weighted by Gasteiger charge is -2.32. The zero-order valence-corrected chi connectivity index (χ0v) is 22.4. The third-order valence-corrected chi connectivity index (χ3v) is 7.05. The van der Waals surface area contributed by atoms with E-state index in [1.807, 2.05) is 19.9 Å². The number of non-ortho nitro benzene ring substituents is 1. The Morgan fingerprint density at radius 2 is 1.80 bits per heavy atom. The van der Waals surface area contributed by atoms with Crippen molar-refractivity contribution in [2.75, 3.05) is 17.1 Å². The molecule has 1 N–H and O–H groups in total. The van der Waals surface area contributed by atoms with Crippen LogP contribution in [-0.2, 0) is 26.2 Å². The van der Waals surface area contributed by atoms with Gasteiger partial charge in [0.15, 0.2) is 0 Å². The fourth-order valence-electron chi connectivity index (χ4n) is 3.26. The van der Waals surface area contributed by atoms with Crippen LogP contribution in [0.15, 0.2) is 53.0 Å². The average Bonchev–Trinajstić information content (AvgIpc) is 2.79. The quantitative estimate of drug-likeness (QED) is 0.326. The Balaban J connectivity index is 2.43. The summed E-state index contributed by atoms with van der Waals surface area (Å²) < 4.78 is 26.7. The molecule has 0 unspecified atom stereocenters. The van der Waals surface area contributed by atoms with Crippen molar-refractivity contribution in [3.63, 3.8) is 0 Å². The molecule has 2 atom stereocenters. The minimum absolute atomic E-state index is 0.0193. The summed E-state index contributed by atoms with van der Waals surface area (Å²) in [6.07, 6.45) is 1.61. The summed E-state index contributed by atoms with van der Waals surface area (Å²) in [5.74, 6) is -1.00. The number of hydrogen-bond donors (Lipinski definition) is 1. The predicted molar refractivity (Wildman–Crippen MR) is 137 cm³/mol. The molecule has 35 heavy (non-hydrogen) atoms. The second kappa shape index (κ2) is 12.1. The maximum Gasteiger partial charge on any atom is 0.271 e. The van der Waals surface area contributed by atoms with Crippen LogP contribution < -0.4 is 9.62 Å². The summed E-state index contributed by atoms with van der Waals surface area (Å²) in [7, 11) is -3.98. The van der Waals surface area contributed by atoms with E-state index < -0.39 is 33.4 Å². The Labute approximate surface area is 213 Å². The van der Waals surface area contributed by atoms with Crippen molar-refractivity contribution < 1.29 is 22.9 Å². The number of anilines is 1. The third kappa shape index (κ3) is 8.03. The Bertz CT molecular complexity index is 1190. The fourth-order valence-corrected chi connectivity index (χ4v) is 4.54. The highest BCUT2D eigenvalue weighted by Gasteiger charge is 2.31. The second-order valence-electron chi connectivity index (χ2n) is 8.19. The van der Waals surface area contributed by atoms with Crippen LogP contribution in [0.5, 0.6) is 0 Å². The summed E-state index contributed by atoms with van der Waals surface area (Å²) in [5, 5.41) is 14.0. The molecule has 2 aromatic carbocycles. The van der Waals surface area contributed by atoms with Gasteiger partial charge < -0.3 is 10.2 Å². The summed E-state index contributed by atoms with van der Waals surface area (Å²) in [4.78, 5) is 38.2. The molecule has 0 fully saturated rings. The molecule has 2 rings (SSSR count). The van der Waals surface area contributed by atoms with Gasteiger partial charge in [-0.15, -0.1) is 0 Å². The summed E-state index contributed by atoms with van der Waals surface area (Å²) >= 11 is 3.39. The Hall–Kier alpha value is -2.99. The molecule has 0 bridgehead atoms. The molecule has 2 amide bonds. The van der Waals surface area contributed by atoms with Crippen LogP contribution in [0.4, 0.5) is 11.4 Å². The SMILES string of the molecule is CC[C@H](C)NC(=O)[C@H](C)N(Cc1cccc(Br)c1)C(=O)CN(c1cccc([N+](=O)[O-])c1)S(C)(=O)=O. The number of nitro groups is 1. The van der Waals surface area contributed by atoms with Crippen molar-refractivity contribution >= 4 is 49.1 Å². The molecule has 0 aliphatic rings. The lowest BCUT2D eigenvalue weighted by Crippen LogP contribution is -2.52. The molecule has 190 valence electrons. The Morgan fingerprint density at radius 1 is 1.14 bits per heavy atom. The molecule has 10 nitrogen and oxygen atoms in total. The first-order valence-electron chi connectivity index (χ1n) is 10.9. The van der Waals surface area contributed by atoms with Gasteiger partial charge >= 0.3 is 0 Å². The minimum atomic E-state index is -3.98. The van der Waals surface area contributed by atoms with Gasteiger partial charge in [0.05, 0.1) is 16.9 Å². The van der Waals surface area contributed by atoms with Crippen LogP contribution in [0.25, 0.3) is 0 Å². The number of amides is 2. The van der Waals surface area contributed by atoms with E-state index in [1.54, 1.807) is 25.1 Å². The number of rotatable bonds is 11. The van der Waals surface area contributed by atoms with Crippen LogP contribution in [0, 0.1) is 10.1 Å². The predicted octanol–water partition coefficient (Wildman–Crippen LogP) is 3.46. The normalized spacial score (nSPS) is 12.9. The van der Waals surface area contributed by atoms with Gasteiger partial charge in [-0.3, -0.25) is 24.0 Å². The summed E-state index contributed by atoms with van der Waals surface area (Å²) in [5.41, 5.74) is 0.405. The van der Waals surface area contributed by atoms with Gasteiger partial charge in [-0.2, -0.15) is 0 Å². The maximum atomic E-state index is 13.5. The van der Waals surface area contributed by atoms with Crippen LogP contribution in [0.2, 0.25) is 0 Å². The molecular formula is C23H29BrN4O6S. The van der Waals surface area contributed by atoms with Crippen LogP contribution in [0.1, 0.15) is 32.8 Å². The van der Waals surface area contributed by atoms with Crippen molar-refractivity contribution in [2.24, 2.45) is 0 Å². The smallest absolute Gasteiger partial charge is 0.271 e. The lowest BCUT2D eigenvalue weighted by molar-refractivity contribution is -0.384. The highest BCUT2D eigenvalue weighted by Crippen LogP contribution is 2.24. The fraction of sp³-hybridized carbons (Fsp3) is 0.391. The average molecular weight is 569 g/mol. The van der Waals surface area contributed by atoms with E-state index in [-0.39, 0.29) is 29.9 Å². The first kappa shape index (κ1) is 28.2. The molecule has 0 aliphatic carbocycles. The van der Waals surface area contributed by atoms with Crippen LogP contribution in [0.3, 0.4) is 0 Å². The number of hydrogen-bond acceptors (Lipinski definition) is 6. The number of nitrogens with zero attached hydrogens (tertiary/aromatic N) is 3. The van der Waals surface area contributed by atoms with Crippen molar-refractivity contribution in [1.82, 2.24) is 10.2 Å². The largest absolute Gasteiger partial charge is 0.352 e. The zero-order chi connectivity index (χ0) is 26.3. The molecule has 2 aromatic rings. The van der Waals surface area contributed by atoms with E-state index in [0.717, 1.165) is 26.7 Å².